The van der Waals surface area contributed by atoms with Gasteiger partial charge in [0.1, 0.15) is 19.3 Å². The summed E-state index contributed by atoms with van der Waals surface area (Å²) in [5.41, 5.74) is 0. The zero-order valence-electron chi connectivity index (χ0n) is 66.2. The second-order valence-corrected chi connectivity index (χ2v) is 32.3. The molecule has 0 aliphatic rings. The Bertz CT molecular complexity index is 2040. The molecule has 19 heteroatoms. The van der Waals surface area contributed by atoms with Gasteiger partial charge in [-0.3, -0.25) is 37.3 Å². The fourth-order valence-corrected chi connectivity index (χ4v) is 13.9. The SMILES string of the molecule is CCCCCC/C=C\C=C/CCCCCCCC(=O)OC[C@H](COP(=O)(O)OC[C@@H](O)COP(=O)(O)OC[C@@H](COC(=O)CCCCCCCCCCCCCC)OC(=O)CCCCCCCCCCCCC(C)CC)OC(=O)CCCCCCCCCCCCCCCCCCCCCCC. The quantitative estimate of drug-likeness (QED) is 0.0169. The highest BCUT2D eigenvalue weighted by Gasteiger charge is 2.30. The van der Waals surface area contributed by atoms with Gasteiger partial charge in [-0.15, -0.1) is 0 Å². The van der Waals surface area contributed by atoms with E-state index < -0.39 is 97.5 Å². The fourth-order valence-electron chi connectivity index (χ4n) is 12.4. The Kier molecular flexibility index (Phi) is 73.5. The van der Waals surface area contributed by atoms with Crippen molar-refractivity contribution < 1.29 is 80.2 Å². The highest BCUT2D eigenvalue weighted by molar-refractivity contribution is 7.47. The third-order valence-electron chi connectivity index (χ3n) is 19.3. The van der Waals surface area contributed by atoms with Crippen molar-refractivity contribution in [3.63, 3.8) is 0 Å². The predicted octanol–water partition coefficient (Wildman–Crippen LogP) is 24.8. The summed E-state index contributed by atoms with van der Waals surface area (Å²) in [6.07, 6.45) is 70.1. The van der Waals surface area contributed by atoms with Crippen LogP contribution in [-0.4, -0.2) is 96.7 Å². The molecule has 0 aromatic rings. The van der Waals surface area contributed by atoms with Crippen LogP contribution in [0, 0.1) is 5.92 Å². The molecule has 0 heterocycles. The van der Waals surface area contributed by atoms with Crippen LogP contribution < -0.4 is 0 Å². The van der Waals surface area contributed by atoms with Gasteiger partial charge in [-0.2, -0.15) is 0 Å². The molecule has 3 unspecified atom stereocenters. The second-order valence-electron chi connectivity index (χ2n) is 29.4. The largest absolute Gasteiger partial charge is 0.472 e. The molecule has 0 saturated carbocycles. The van der Waals surface area contributed by atoms with E-state index >= 15 is 0 Å². The van der Waals surface area contributed by atoms with Crippen molar-refractivity contribution in [1.82, 2.24) is 0 Å². The van der Waals surface area contributed by atoms with Crippen LogP contribution >= 0.6 is 15.6 Å². The standard InChI is InChI=1S/C83H158O17P2/c1-6-10-13-16-19-22-25-28-30-31-32-33-34-35-37-39-42-48-53-58-63-68-82(87)99-78(72-94-81(86)67-62-57-52-47-41-38-36-29-26-23-20-17-14-11-7-2)74-97-101(89,90)95-70-77(84)71-96-102(91,92)98-75-79(73-93-80(85)66-61-56-51-46-40-27-24-21-18-15-12-8-3)100-83(88)69-64-59-54-49-44-43-45-50-55-60-65-76(5)9-4/h23,26,29,36,76-79,84H,6-22,24-25,27-28,30-35,37-75H2,1-5H3,(H,89,90)(H,91,92)/b26-23-,36-29-/t76?,77-,78-,79-/m1/s1. The highest BCUT2D eigenvalue weighted by Crippen LogP contribution is 2.45. The molecular formula is C83H158O17P2. The number of allylic oxidation sites excluding steroid dienone is 4. The van der Waals surface area contributed by atoms with Crippen LogP contribution in [0.1, 0.15) is 420 Å². The third-order valence-corrected chi connectivity index (χ3v) is 21.2. The van der Waals surface area contributed by atoms with E-state index in [0.717, 1.165) is 115 Å². The summed E-state index contributed by atoms with van der Waals surface area (Å²) in [7, 11) is -9.93. The van der Waals surface area contributed by atoms with Gasteiger partial charge in [0.2, 0.25) is 0 Å². The van der Waals surface area contributed by atoms with E-state index in [-0.39, 0.29) is 25.7 Å². The molecule has 0 bridgehead atoms. The first-order valence-electron chi connectivity index (χ1n) is 42.5. The number of carbonyl (C=O) groups is 4. The van der Waals surface area contributed by atoms with Crippen molar-refractivity contribution in [2.75, 3.05) is 39.6 Å². The number of carbonyl (C=O) groups excluding carboxylic acids is 4. The smallest absolute Gasteiger partial charge is 0.462 e. The van der Waals surface area contributed by atoms with Gasteiger partial charge in [-0.05, 0) is 57.3 Å². The molecular weight excluding hydrogens is 1330 g/mol. The van der Waals surface area contributed by atoms with Crippen molar-refractivity contribution in [2.45, 2.75) is 438 Å². The van der Waals surface area contributed by atoms with Crippen LogP contribution in [-0.2, 0) is 65.4 Å². The lowest BCUT2D eigenvalue weighted by molar-refractivity contribution is -0.161. The zero-order valence-corrected chi connectivity index (χ0v) is 68.0. The monoisotopic (exact) mass is 1490 g/mol. The molecule has 0 aliphatic heterocycles. The Morgan fingerprint density at radius 1 is 0.314 bits per heavy atom. The lowest BCUT2D eigenvalue weighted by Crippen LogP contribution is -2.30. The van der Waals surface area contributed by atoms with Gasteiger partial charge < -0.3 is 33.8 Å². The number of rotatable bonds is 81. The van der Waals surface area contributed by atoms with E-state index in [1.54, 1.807) is 0 Å². The first kappa shape index (κ1) is 99.5. The number of ether oxygens (including phenoxy) is 4. The van der Waals surface area contributed by atoms with Crippen LogP contribution in [0.5, 0.6) is 0 Å². The maximum absolute atomic E-state index is 13.1. The number of aliphatic hydroxyl groups is 1. The summed E-state index contributed by atoms with van der Waals surface area (Å²) in [6, 6.07) is 0. The molecule has 102 heavy (non-hydrogen) atoms. The molecule has 0 rings (SSSR count). The fraction of sp³-hybridized carbons (Fsp3) is 0.904. The zero-order chi connectivity index (χ0) is 74.8. The molecule has 0 radical (unpaired) electrons. The summed E-state index contributed by atoms with van der Waals surface area (Å²) in [6.45, 7) is 7.30. The van der Waals surface area contributed by atoms with Crippen LogP contribution in [0.3, 0.4) is 0 Å². The number of esters is 4. The lowest BCUT2D eigenvalue weighted by atomic mass is 9.99. The van der Waals surface area contributed by atoms with Crippen molar-refractivity contribution in [3.8, 4) is 0 Å². The van der Waals surface area contributed by atoms with Crippen molar-refractivity contribution in [3.05, 3.63) is 24.3 Å². The third kappa shape index (κ3) is 74.4. The Morgan fingerprint density at radius 3 is 0.833 bits per heavy atom. The number of phosphoric ester groups is 2. The number of hydrogen-bond donors (Lipinski definition) is 3. The van der Waals surface area contributed by atoms with Gasteiger partial charge in [0.05, 0.1) is 26.4 Å². The first-order chi connectivity index (χ1) is 49.6. The molecule has 0 aromatic heterocycles. The molecule has 602 valence electrons. The van der Waals surface area contributed by atoms with E-state index in [2.05, 4.69) is 58.9 Å². The molecule has 6 atom stereocenters. The van der Waals surface area contributed by atoms with Gasteiger partial charge in [-0.25, -0.2) is 9.13 Å². The highest BCUT2D eigenvalue weighted by atomic mass is 31.2. The number of phosphoric acid groups is 2. The van der Waals surface area contributed by atoms with E-state index in [9.17, 15) is 43.2 Å². The van der Waals surface area contributed by atoms with Gasteiger partial charge in [0.25, 0.3) is 0 Å². The Balaban J connectivity index is 5.27. The van der Waals surface area contributed by atoms with Crippen molar-refractivity contribution in [1.29, 1.82) is 0 Å². The lowest BCUT2D eigenvalue weighted by Gasteiger charge is -2.21. The number of unbranched alkanes of at least 4 members (excludes halogenated alkanes) is 49. The minimum Gasteiger partial charge on any atom is -0.462 e. The Morgan fingerprint density at radius 2 is 0.549 bits per heavy atom. The van der Waals surface area contributed by atoms with Gasteiger partial charge in [0, 0.05) is 25.7 Å². The van der Waals surface area contributed by atoms with Crippen molar-refractivity contribution >= 4 is 39.5 Å². The topological polar surface area (TPSA) is 237 Å². The molecule has 3 N–H and O–H groups in total. The minimum absolute atomic E-state index is 0.102. The molecule has 0 aliphatic carbocycles. The van der Waals surface area contributed by atoms with E-state index in [4.69, 9.17) is 37.0 Å². The summed E-state index contributed by atoms with van der Waals surface area (Å²) in [5, 5.41) is 10.7. The Labute approximate surface area is 624 Å². The summed E-state index contributed by atoms with van der Waals surface area (Å²) in [5.74, 6) is -1.33. The summed E-state index contributed by atoms with van der Waals surface area (Å²) >= 11 is 0. The van der Waals surface area contributed by atoms with E-state index in [0.29, 0.717) is 25.7 Å². The Hall–Kier alpha value is -2.46. The molecule has 0 spiro atoms. The number of hydrogen-bond acceptors (Lipinski definition) is 15. The van der Waals surface area contributed by atoms with Crippen LogP contribution in [0.15, 0.2) is 24.3 Å². The second kappa shape index (κ2) is 75.4. The minimum atomic E-state index is -4.97. The molecule has 0 amide bonds. The van der Waals surface area contributed by atoms with Gasteiger partial charge in [0.15, 0.2) is 12.2 Å². The molecule has 0 aromatic carbocycles. The maximum atomic E-state index is 13.1. The molecule has 17 nitrogen and oxygen atoms in total. The van der Waals surface area contributed by atoms with Gasteiger partial charge in [-0.1, -0.05) is 367 Å². The summed E-state index contributed by atoms with van der Waals surface area (Å²) in [4.78, 5) is 73.1. The van der Waals surface area contributed by atoms with Crippen LogP contribution in [0.25, 0.3) is 0 Å². The van der Waals surface area contributed by atoms with Crippen molar-refractivity contribution in [2.24, 2.45) is 5.92 Å². The predicted molar refractivity (Wildman–Crippen MR) is 418 cm³/mol. The van der Waals surface area contributed by atoms with E-state index in [1.165, 1.54) is 225 Å². The van der Waals surface area contributed by atoms with Crippen LogP contribution in [0.2, 0.25) is 0 Å². The first-order valence-corrected chi connectivity index (χ1v) is 45.5. The van der Waals surface area contributed by atoms with Gasteiger partial charge >= 0.3 is 39.5 Å². The maximum Gasteiger partial charge on any atom is 0.472 e. The summed E-state index contributed by atoms with van der Waals surface area (Å²) < 4.78 is 68.7. The van der Waals surface area contributed by atoms with E-state index in [1.807, 2.05) is 0 Å². The molecule has 0 fully saturated rings. The normalized spacial score (nSPS) is 14.2. The average Bonchev–Trinajstić information content (AvgIpc) is 0.909. The average molecular weight is 1490 g/mol. The van der Waals surface area contributed by atoms with Crippen LogP contribution in [0.4, 0.5) is 0 Å². The number of aliphatic hydroxyl groups excluding tert-OH is 1. The molecule has 0 saturated heterocycles.